The van der Waals surface area contributed by atoms with Crippen LogP contribution in [0.3, 0.4) is 0 Å². The maximum absolute atomic E-state index is 12.6. The van der Waals surface area contributed by atoms with Gasteiger partial charge in [0, 0.05) is 12.1 Å². The third-order valence-electron chi connectivity index (χ3n) is 3.97. The van der Waals surface area contributed by atoms with E-state index in [1.54, 1.807) is 18.2 Å². The van der Waals surface area contributed by atoms with Gasteiger partial charge in [-0.2, -0.15) is 0 Å². The van der Waals surface area contributed by atoms with E-state index in [0.717, 1.165) is 12.8 Å². The van der Waals surface area contributed by atoms with Gasteiger partial charge in [-0.15, -0.1) is 0 Å². The molecule has 0 spiro atoms. The van der Waals surface area contributed by atoms with E-state index >= 15 is 0 Å². The Morgan fingerprint density at radius 2 is 1.86 bits per heavy atom. The van der Waals surface area contributed by atoms with Crippen molar-refractivity contribution in [1.82, 2.24) is 4.90 Å². The van der Waals surface area contributed by atoms with Crippen LogP contribution in [-0.4, -0.2) is 48.7 Å². The van der Waals surface area contributed by atoms with Gasteiger partial charge in [-0.05, 0) is 31.4 Å². The van der Waals surface area contributed by atoms with Gasteiger partial charge in [0.25, 0.3) is 0 Å². The normalized spacial score (nSPS) is 17.9. The minimum atomic E-state index is -0.944. The summed E-state index contributed by atoms with van der Waals surface area (Å²) in [6.07, 6.45) is 2.23. The largest absolute Gasteiger partial charge is 0.496 e. The van der Waals surface area contributed by atoms with Crippen molar-refractivity contribution in [2.75, 3.05) is 20.8 Å². The van der Waals surface area contributed by atoms with E-state index in [1.165, 1.54) is 19.1 Å². The zero-order chi connectivity index (χ0) is 16.1. The Morgan fingerprint density at radius 3 is 2.41 bits per heavy atom. The molecule has 120 valence electrons. The number of aliphatic carboxylic acids is 1. The van der Waals surface area contributed by atoms with Crippen LogP contribution in [0.4, 0.5) is 0 Å². The molecule has 0 unspecified atom stereocenters. The highest BCUT2D eigenvalue weighted by atomic mass is 16.5. The van der Waals surface area contributed by atoms with Crippen LogP contribution < -0.4 is 9.47 Å². The van der Waals surface area contributed by atoms with Crippen LogP contribution in [0.25, 0.3) is 0 Å². The van der Waals surface area contributed by atoms with E-state index in [9.17, 15) is 14.7 Å². The van der Waals surface area contributed by atoms with Crippen LogP contribution in [-0.2, 0) is 16.0 Å². The van der Waals surface area contributed by atoms with E-state index in [0.29, 0.717) is 30.0 Å². The Kier molecular flexibility index (Phi) is 5.25. The predicted octanol–water partition coefficient (Wildman–Crippen LogP) is 1.71. The lowest BCUT2D eigenvalue weighted by Crippen LogP contribution is -2.48. The molecule has 1 aromatic carbocycles. The first kappa shape index (κ1) is 16.1. The molecule has 6 heteroatoms. The van der Waals surface area contributed by atoms with Gasteiger partial charge in [-0.1, -0.05) is 6.07 Å². The molecule has 0 aliphatic carbocycles. The van der Waals surface area contributed by atoms with Crippen molar-refractivity contribution in [3.63, 3.8) is 0 Å². The smallest absolute Gasteiger partial charge is 0.326 e. The fourth-order valence-corrected chi connectivity index (χ4v) is 2.84. The second kappa shape index (κ2) is 7.15. The summed E-state index contributed by atoms with van der Waals surface area (Å²) in [5.41, 5.74) is 0.646. The number of carbonyl (C=O) groups excluding carboxylic acids is 1. The molecule has 1 aromatic rings. The van der Waals surface area contributed by atoms with Crippen LogP contribution in [0.5, 0.6) is 11.5 Å². The molecule has 0 saturated carbocycles. The van der Waals surface area contributed by atoms with Gasteiger partial charge in [0.2, 0.25) is 5.91 Å². The maximum Gasteiger partial charge on any atom is 0.326 e. The quantitative estimate of drug-likeness (QED) is 0.896. The summed E-state index contributed by atoms with van der Waals surface area (Å²) in [6, 6.07) is 4.57. The van der Waals surface area contributed by atoms with Crippen LogP contribution in [0.1, 0.15) is 24.8 Å². The SMILES string of the molecule is COc1cccc(OC)c1CC(=O)N1CCCC[C@@H]1C(=O)O. The minimum Gasteiger partial charge on any atom is -0.496 e. The molecule has 6 nitrogen and oxygen atoms in total. The number of piperidine rings is 1. The average Bonchev–Trinajstić information content (AvgIpc) is 2.54. The van der Waals surface area contributed by atoms with E-state index in [4.69, 9.17) is 9.47 Å². The van der Waals surface area contributed by atoms with Crippen LogP contribution in [0.15, 0.2) is 18.2 Å². The molecular weight excluding hydrogens is 286 g/mol. The van der Waals surface area contributed by atoms with E-state index in [2.05, 4.69) is 0 Å². The zero-order valence-corrected chi connectivity index (χ0v) is 12.9. The maximum atomic E-state index is 12.6. The fraction of sp³-hybridized carbons (Fsp3) is 0.500. The molecule has 1 saturated heterocycles. The van der Waals surface area contributed by atoms with Gasteiger partial charge in [0.15, 0.2) is 0 Å². The molecule has 0 bridgehead atoms. The summed E-state index contributed by atoms with van der Waals surface area (Å²) in [7, 11) is 3.06. The predicted molar refractivity (Wildman–Crippen MR) is 80.2 cm³/mol. The van der Waals surface area contributed by atoms with Crippen molar-refractivity contribution in [2.24, 2.45) is 0 Å². The summed E-state index contributed by atoms with van der Waals surface area (Å²) < 4.78 is 10.6. The van der Waals surface area contributed by atoms with Crippen molar-refractivity contribution in [3.8, 4) is 11.5 Å². The summed E-state index contributed by atoms with van der Waals surface area (Å²) in [6.45, 7) is 0.479. The third-order valence-corrected chi connectivity index (χ3v) is 3.97. The highest BCUT2D eigenvalue weighted by molar-refractivity contribution is 5.86. The first-order valence-corrected chi connectivity index (χ1v) is 7.30. The van der Waals surface area contributed by atoms with Gasteiger partial charge in [0.1, 0.15) is 17.5 Å². The Labute approximate surface area is 129 Å². The molecule has 1 atom stereocenters. The number of nitrogens with zero attached hydrogens (tertiary/aromatic N) is 1. The molecule has 22 heavy (non-hydrogen) atoms. The average molecular weight is 307 g/mol. The van der Waals surface area contributed by atoms with Crippen molar-refractivity contribution in [1.29, 1.82) is 0 Å². The van der Waals surface area contributed by atoms with Crippen molar-refractivity contribution in [3.05, 3.63) is 23.8 Å². The number of carbonyl (C=O) groups is 2. The number of benzene rings is 1. The van der Waals surface area contributed by atoms with Crippen molar-refractivity contribution in [2.45, 2.75) is 31.7 Å². The molecule has 1 aliphatic heterocycles. The second-order valence-electron chi connectivity index (χ2n) is 5.25. The van der Waals surface area contributed by atoms with E-state index in [1.807, 2.05) is 0 Å². The molecular formula is C16H21NO5. The lowest BCUT2D eigenvalue weighted by atomic mass is 10.0. The number of likely N-dealkylation sites (tertiary alicyclic amines) is 1. The van der Waals surface area contributed by atoms with Gasteiger partial charge in [0.05, 0.1) is 20.6 Å². The Balaban J connectivity index is 2.22. The number of rotatable bonds is 5. The first-order valence-electron chi connectivity index (χ1n) is 7.30. The molecule has 1 aliphatic rings. The Morgan fingerprint density at radius 1 is 1.23 bits per heavy atom. The molecule has 1 fully saturated rings. The lowest BCUT2D eigenvalue weighted by Gasteiger charge is -2.33. The van der Waals surface area contributed by atoms with E-state index < -0.39 is 12.0 Å². The van der Waals surface area contributed by atoms with Gasteiger partial charge >= 0.3 is 5.97 Å². The van der Waals surface area contributed by atoms with Gasteiger partial charge in [-0.25, -0.2) is 4.79 Å². The summed E-state index contributed by atoms with van der Waals surface area (Å²) in [5, 5.41) is 9.28. The molecule has 2 rings (SSSR count). The van der Waals surface area contributed by atoms with Crippen molar-refractivity contribution >= 4 is 11.9 Å². The van der Waals surface area contributed by atoms with Crippen LogP contribution in [0.2, 0.25) is 0 Å². The second-order valence-corrected chi connectivity index (χ2v) is 5.25. The highest BCUT2D eigenvalue weighted by Crippen LogP contribution is 2.30. The summed E-state index contributed by atoms with van der Waals surface area (Å²) in [4.78, 5) is 25.4. The molecule has 1 heterocycles. The summed E-state index contributed by atoms with van der Waals surface area (Å²) in [5.74, 6) is -0.0249. The van der Waals surface area contributed by atoms with Crippen molar-refractivity contribution < 1.29 is 24.2 Å². The molecule has 0 aromatic heterocycles. The Bertz CT molecular complexity index is 535. The van der Waals surface area contributed by atoms with E-state index in [-0.39, 0.29) is 12.3 Å². The zero-order valence-electron chi connectivity index (χ0n) is 12.9. The number of hydrogen-bond acceptors (Lipinski definition) is 4. The number of ether oxygens (including phenoxy) is 2. The van der Waals surface area contributed by atoms with Crippen LogP contribution in [0, 0.1) is 0 Å². The number of amides is 1. The molecule has 0 radical (unpaired) electrons. The topological polar surface area (TPSA) is 76.1 Å². The fourth-order valence-electron chi connectivity index (χ4n) is 2.84. The van der Waals surface area contributed by atoms with Gasteiger partial charge < -0.3 is 19.5 Å². The van der Waals surface area contributed by atoms with Gasteiger partial charge in [-0.3, -0.25) is 4.79 Å². The third kappa shape index (κ3) is 3.32. The Hall–Kier alpha value is -2.24. The summed E-state index contributed by atoms with van der Waals surface area (Å²) >= 11 is 0. The minimum absolute atomic E-state index is 0.0664. The highest BCUT2D eigenvalue weighted by Gasteiger charge is 2.32. The lowest BCUT2D eigenvalue weighted by molar-refractivity contribution is -0.151. The number of carboxylic acid groups (broad SMARTS) is 1. The molecule has 1 amide bonds. The number of methoxy groups -OCH3 is 2. The first-order chi connectivity index (χ1) is 10.6. The number of hydrogen-bond donors (Lipinski definition) is 1. The monoisotopic (exact) mass is 307 g/mol. The number of carboxylic acids is 1. The molecule has 1 N–H and O–H groups in total. The standard InChI is InChI=1S/C16H21NO5/c1-21-13-7-5-8-14(22-2)11(13)10-15(18)17-9-4-3-6-12(17)16(19)20/h5,7-8,12H,3-4,6,9-10H2,1-2H3,(H,19,20)/t12-/m1/s1. The van der Waals surface area contributed by atoms with Crippen LogP contribution >= 0.6 is 0 Å².